The largest absolute Gasteiger partial charge is 0.465 e. The molecule has 0 saturated carbocycles. The average Bonchev–Trinajstić information content (AvgIpc) is 2.36. The van der Waals surface area contributed by atoms with Gasteiger partial charge in [-0.05, 0) is 19.4 Å². The van der Waals surface area contributed by atoms with E-state index in [1.54, 1.807) is 25.1 Å². The van der Waals surface area contributed by atoms with Crippen LogP contribution in [-0.4, -0.2) is 22.7 Å². The molecule has 0 heterocycles. The molecule has 1 unspecified atom stereocenters. The summed E-state index contributed by atoms with van der Waals surface area (Å²) in [5.74, 6) is -0.330. The summed E-state index contributed by atoms with van der Waals surface area (Å²) in [5.41, 5.74) is 0.0187. The van der Waals surface area contributed by atoms with E-state index in [1.165, 1.54) is 17.8 Å². The predicted octanol–water partition coefficient (Wildman–Crippen LogP) is 3.03. The third-order valence-electron chi connectivity index (χ3n) is 2.25. The van der Waals surface area contributed by atoms with E-state index < -0.39 is 10.2 Å². The minimum absolute atomic E-state index is 0.0187. The molecule has 0 aliphatic heterocycles. The number of nitro groups is 1. The molecule has 0 fully saturated rings. The van der Waals surface area contributed by atoms with Crippen molar-refractivity contribution >= 4 is 23.4 Å². The first-order valence-electron chi connectivity index (χ1n) is 5.66. The Bertz CT molecular complexity index is 436. The Balaban J connectivity index is 2.88. The highest BCUT2D eigenvalue weighted by atomic mass is 32.2. The Kier molecular flexibility index (Phi) is 5.64. The van der Waals surface area contributed by atoms with Crippen molar-refractivity contribution in [3.05, 3.63) is 34.4 Å². The zero-order chi connectivity index (χ0) is 13.5. The second kappa shape index (κ2) is 7.00. The van der Waals surface area contributed by atoms with Crippen LogP contribution in [0.5, 0.6) is 0 Å². The maximum atomic E-state index is 11.6. The summed E-state index contributed by atoms with van der Waals surface area (Å²) in [6.45, 7) is 3.90. The molecule has 1 aromatic rings. The zero-order valence-corrected chi connectivity index (χ0v) is 11.1. The van der Waals surface area contributed by atoms with E-state index in [0.29, 0.717) is 17.9 Å². The van der Waals surface area contributed by atoms with E-state index in [2.05, 4.69) is 0 Å². The van der Waals surface area contributed by atoms with Crippen molar-refractivity contribution in [1.82, 2.24) is 0 Å². The number of carbonyl (C=O) groups excluding carboxylic acids is 1. The van der Waals surface area contributed by atoms with Crippen LogP contribution in [0.3, 0.4) is 0 Å². The third-order valence-corrected chi connectivity index (χ3v) is 3.66. The molecule has 6 heteroatoms. The second-order valence-electron chi connectivity index (χ2n) is 3.49. The van der Waals surface area contributed by atoms with E-state index >= 15 is 0 Å². The highest BCUT2D eigenvalue weighted by Gasteiger charge is 2.23. The van der Waals surface area contributed by atoms with Gasteiger partial charge in [-0.15, -0.1) is 11.8 Å². The van der Waals surface area contributed by atoms with Gasteiger partial charge in [0.15, 0.2) is 0 Å². The van der Waals surface area contributed by atoms with Crippen molar-refractivity contribution in [3.8, 4) is 0 Å². The standard InChI is InChI=1S/C12H15NO4S/c1-3-10(12(14)17-4-2)18-11-8-6-5-7-9(11)13(15)16/h5-8,10H,3-4H2,1-2H3. The first-order chi connectivity index (χ1) is 8.60. The molecule has 18 heavy (non-hydrogen) atoms. The van der Waals surface area contributed by atoms with Gasteiger partial charge in [-0.25, -0.2) is 0 Å². The SMILES string of the molecule is CCOC(=O)C(CC)Sc1ccccc1[N+](=O)[O-]. The molecule has 0 aliphatic rings. The van der Waals surface area contributed by atoms with E-state index in [0.717, 1.165) is 0 Å². The summed E-state index contributed by atoms with van der Waals surface area (Å²) in [5, 5.41) is 10.5. The molecule has 0 amide bonds. The lowest BCUT2D eigenvalue weighted by atomic mass is 10.3. The van der Waals surface area contributed by atoms with E-state index in [9.17, 15) is 14.9 Å². The van der Waals surface area contributed by atoms with Gasteiger partial charge in [0.1, 0.15) is 5.25 Å². The van der Waals surface area contributed by atoms with Gasteiger partial charge in [0.25, 0.3) is 5.69 Å². The quantitative estimate of drug-likeness (QED) is 0.343. The predicted molar refractivity (Wildman–Crippen MR) is 69.7 cm³/mol. The Morgan fingerprint density at radius 3 is 2.67 bits per heavy atom. The molecule has 1 aromatic carbocycles. The lowest BCUT2D eigenvalue weighted by Crippen LogP contribution is -2.19. The third kappa shape index (κ3) is 3.73. The maximum Gasteiger partial charge on any atom is 0.319 e. The smallest absolute Gasteiger partial charge is 0.319 e. The molecule has 98 valence electrons. The molecular formula is C12H15NO4S. The zero-order valence-electron chi connectivity index (χ0n) is 10.3. The fraction of sp³-hybridized carbons (Fsp3) is 0.417. The minimum atomic E-state index is -0.444. The summed E-state index contributed by atoms with van der Waals surface area (Å²) < 4.78 is 4.94. The van der Waals surface area contributed by atoms with Gasteiger partial charge in [0.05, 0.1) is 16.4 Å². The van der Waals surface area contributed by atoms with Gasteiger partial charge >= 0.3 is 5.97 Å². The second-order valence-corrected chi connectivity index (χ2v) is 4.74. The van der Waals surface area contributed by atoms with Crippen LogP contribution in [0, 0.1) is 10.1 Å². The number of ether oxygens (including phenoxy) is 1. The first kappa shape index (κ1) is 14.5. The molecule has 5 nitrogen and oxygen atoms in total. The number of benzene rings is 1. The number of hydrogen-bond acceptors (Lipinski definition) is 5. The highest BCUT2D eigenvalue weighted by molar-refractivity contribution is 8.00. The van der Waals surface area contributed by atoms with Crippen molar-refractivity contribution in [2.24, 2.45) is 0 Å². The number of esters is 1. The summed E-state index contributed by atoms with van der Waals surface area (Å²) in [4.78, 5) is 22.6. The molecule has 0 radical (unpaired) electrons. The molecule has 1 atom stereocenters. The van der Waals surface area contributed by atoms with Crippen molar-refractivity contribution < 1.29 is 14.5 Å². The molecule has 0 aromatic heterocycles. The van der Waals surface area contributed by atoms with Gasteiger partial charge in [0.2, 0.25) is 0 Å². The number of carbonyl (C=O) groups is 1. The highest BCUT2D eigenvalue weighted by Crippen LogP contribution is 2.33. The number of nitrogens with zero attached hydrogens (tertiary/aromatic N) is 1. The Morgan fingerprint density at radius 1 is 1.44 bits per heavy atom. The monoisotopic (exact) mass is 269 g/mol. The van der Waals surface area contributed by atoms with Crippen LogP contribution in [0.1, 0.15) is 20.3 Å². The van der Waals surface area contributed by atoms with Crippen molar-refractivity contribution in [2.75, 3.05) is 6.61 Å². The average molecular weight is 269 g/mol. The number of thioether (sulfide) groups is 1. The van der Waals surface area contributed by atoms with Gasteiger partial charge < -0.3 is 4.74 Å². The fourth-order valence-corrected chi connectivity index (χ4v) is 2.45. The summed E-state index contributed by atoms with van der Waals surface area (Å²) >= 11 is 1.18. The van der Waals surface area contributed by atoms with Gasteiger partial charge in [0, 0.05) is 6.07 Å². The van der Waals surface area contributed by atoms with E-state index in [1.807, 2.05) is 6.92 Å². The lowest BCUT2D eigenvalue weighted by Gasteiger charge is -2.12. The summed E-state index contributed by atoms with van der Waals surface area (Å²) in [6.07, 6.45) is 0.565. The summed E-state index contributed by atoms with van der Waals surface area (Å²) in [7, 11) is 0. The number of nitro benzene ring substituents is 1. The summed E-state index contributed by atoms with van der Waals surface area (Å²) in [6, 6.07) is 6.39. The lowest BCUT2D eigenvalue weighted by molar-refractivity contribution is -0.387. The molecule has 0 aliphatic carbocycles. The molecule has 0 N–H and O–H groups in total. The Hall–Kier alpha value is -1.56. The number of rotatable bonds is 6. The van der Waals surface area contributed by atoms with Gasteiger partial charge in [-0.1, -0.05) is 19.1 Å². The molecular weight excluding hydrogens is 254 g/mol. The molecule has 0 bridgehead atoms. The molecule has 0 spiro atoms. The van der Waals surface area contributed by atoms with Crippen LogP contribution in [0.15, 0.2) is 29.2 Å². The topological polar surface area (TPSA) is 69.4 Å². The van der Waals surface area contributed by atoms with Crippen molar-refractivity contribution in [3.63, 3.8) is 0 Å². The van der Waals surface area contributed by atoms with Crippen LogP contribution < -0.4 is 0 Å². The molecule has 1 rings (SSSR count). The molecule has 0 saturated heterocycles. The Labute approximate surface area is 110 Å². The van der Waals surface area contributed by atoms with Crippen LogP contribution >= 0.6 is 11.8 Å². The maximum absolute atomic E-state index is 11.6. The first-order valence-corrected chi connectivity index (χ1v) is 6.54. The van der Waals surface area contributed by atoms with Crippen LogP contribution in [0.25, 0.3) is 0 Å². The van der Waals surface area contributed by atoms with Gasteiger partial charge in [-0.2, -0.15) is 0 Å². The number of para-hydroxylation sites is 1. The van der Waals surface area contributed by atoms with E-state index in [-0.39, 0.29) is 11.7 Å². The van der Waals surface area contributed by atoms with Crippen LogP contribution in [0.2, 0.25) is 0 Å². The van der Waals surface area contributed by atoms with Crippen molar-refractivity contribution in [2.45, 2.75) is 30.4 Å². The van der Waals surface area contributed by atoms with Crippen molar-refractivity contribution in [1.29, 1.82) is 0 Å². The van der Waals surface area contributed by atoms with Gasteiger partial charge in [-0.3, -0.25) is 14.9 Å². The van der Waals surface area contributed by atoms with E-state index in [4.69, 9.17) is 4.74 Å². The van der Waals surface area contributed by atoms with Crippen LogP contribution in [0.4, 0.5) is 5.69 Å². The Morgan fingerprint density at radius 2 is 2.11 bits per heavy atom. The fourth-order valence-electron chi connectivity index (χ4n) is 1.39. The minimum Gasteiger partial charge on any atom is -0.465 e. The number of hydrogen-bond donors (Lipinski definition) is 0. The van der Waals surface area contributed by atoms with Crippen LogP contribution in [-0.2, 0) is 9.53 Å². The normalized spacial score (nSPS) is 11.9.